The summed E-state index contributed by atoms with van der Waals surface area (Å²) in [5.41, 5.74) is 2.16. The van der Waals surface area contributed by atoms with Crippen LogP contribution in [0, 0.1) is 29.8 Å². The number of amides is 1. The number of hydrogen-bond donors (Lipinski definition) is 1. The van der Waals surface area contributed by atoms with Crippen LogP contribution in [0.25, 0.3) is 0 Å². The first-order valence-corrected chi connectivity index (χ1v) is 8.48. The fraction of sp³-hybridized carbons (Fsp3) is 0.316. The Morgan fingerprint density at radius 1 is 1.19 bits per heavy atom. The first-order valence-electron chi connectivity index (χ1n) is 8.48. The van der Waals surface area contributed by atoms with Crippen molar-refractivity contribution in [3.63, 3.8) is 0 Å². The highest BCUT2D eigenvalue weighted by atomic mass is 19.1. The fourth-order valence-electron chi connectivity index (χ4n) is 3.23. The summed E-state index contributed by atoms with van der Waals surface area (Å²) in [6.07, 6.45) is 2.35. The van der Waals surface area contributed by atoms with Crippen molar-refractivity contribution in [1.29, 1.82) is 0 Å². The second kappa shape index (κ2) is 7.11. The van der Waals surface area contributed by atoms with Crippen molar-refractivity contribution in [1.82, 2.24) is 0 Å². The Hall–Kier alpha value is -2.96. The van der Waals surface area contributed by atoms with Crippen LogP contribution in [0.1, 0.15) is 34.3 Å². The van der Waals surface area contributed by atoms with E-state index in [2.05, 4.69) is 10.2 Å². The van der Waals surface area contributed by atoms with Gasteiger partial charge in [-0.25, -0.2) is 4.39 Å². The van der Waals surface area contributed by atoms with E-state index in [1.54, 1.807) is 6.07 Å². The molecular weight excluding hydrogens is 337 g/mol. The molecule has 1 N–H and O–H groups in total. The Balaban J connectivity index is 1.82. The van der Waals surface area contributed by atoms with Crippen molar-refractivity contribution in [3.8, 4) is 0 Å². The molecule has 1 heterocycles. The Bertz CT molecular complexity index is 877. The van der Waals surface area contributed by atoms with Crippen LogP contribution in [0.5, 0.6) is 0 Å². The number of nitrogens with one attached hydrogen (secondary N) is 1. The van der Waals surface area contributed by atoms with Crippen LogP contribution in [0.15, 0.2) is 30.3 Å². The van der Waals surface area contributed by atoms with Crippen molar-refractivity contribution < 1.29 is 14.1 Å². The Kier molecular flexibility index (Phi) is 4.88. The van der Waals surface area contributed by atoms with E-state index in [9.17, 15) is 19.3 Å². The molecule has 2 aromatic rings. The molecule has 1 fully saturated rings. The zero-order chi connectivity index (χ0) is 18.8. The molecule has 0 aliphatic carbocycles. The summed E-state index contributed by atoms with van der Waals surface area (Å²) in [6.45, 7) is 5.34. The van der Waals surface area contributed by atoms with E-state index in [1.165, 1.54) is 19.8 Å². The summed E-state index contributed by atoms with van der Waals surface area (Å²) in [7, 11) is 0. The number of nitrogens with zero attached hydrogens (tertiary/aromatic N) is 2. The number of benzene rings is 2. The third-order valence-electron chi connectivity index (χ3n) is 4.68. The Morgan fingerprint density at radius 3 is 2.50 bits per heavy atom. The number of aryl methyl sites for hydroxylation is 1. The summed E-state index contributed by atoms with van der Waals surface area (Å²) in [5.74, 6) is -1.36. The lowest BCUT2D eigenvalue weighted by Gasteiger charge is -2.20. The number of carbonyl (C=O) groups excluding carboxylic acids is 1. The predicted molar refractivity (Wildman–Crippen MR) is 98.4 cm³/mol. The molecular formula is C19H20FN3O3. The molecule has 1 aliphatic rings. The molecule has 1 amide bonds. The van der Waals surface area contributed by atoms with Crippen LogP contribution in [-0.4, -0.2) is 23.9 Å². The smallest absolute Gasteiger partial charge is 0.276 e. The third-order valence-corrected chi connectivity index (χ3v) is 4.68. The highest BCUT2D eigenvalue weighted by Gasteiger charge is 2.20. The molecule has 0 bridgehead atoms. The van der Waals surface area contributed by atoms with Gasteiger partial charge >= 0.3 is 0 Å². The monoisotopic (exact) mass is 357 g/mol. The Morgan fingerprint density at radius 2 is 1.88 bits per heavy atom. The molecule has 7 heteroatoms. The highest BCUT2D eigenvalue weighted by Crippen LogP contribution is 2.27. The lowest BCUT2D eigenvalue weighted by molar-refractivity contribution is -0.385. The molecule has 26 heavy (non-hydrogen) atoms. The van der Waals surface area contributed by atoms with Gasteiger partial charge in [-0.1, -0.05) is 0 Å². The van der Waals surface area contributed by atoms with Gasteiger partial charge in [0, 0.05) is 36.1 Å². The van der Waals surface area contributed by atoms with Crippen LogP contribution in [0.4, 0.5) is 21.5 Å². The molecule has 0 saturated carbocycles. The zero-order valence-electron chi connectivity index (χ0n) is 14.7. The summed E-state index contributed by atoms with van der Waals surface area (Å²) in [4.78, 5) is 25.0. The summed E-state index contributed by atoms with van der Waals surface area (Å²) in [6, 6.07) is 7.71. The summed E-state index contributed by atoms with van der Waals surface area (Å²) < 4.78 is 13.9. The topological polar surface area (TPSA) is 75.5 Å². The van der Waals surface area contributed by atoms with Crippen LogP contribution in [0.2, 0.25) is 0 Å². The number of halogens is 1. The SMILES string of the molecule is Cc1cc(NC(=O)c2cc(F)c(C)c([N+](=O)[O-])c2)ccc1N1CCCC1. The van der Waals surface area contributed by atoms with Gasteiger partial charge in [-0.2, -0.15) is 0 Å². The number of nitro groups is 1. The van der Waals surface area contributed by atoms with Crippen molar-refractivity contribution in [2.75, 3.05) is 23.3 Å². The molecule has 2 aromatic carbocycles. The minimum atomic E-state index is -0.773. The molecule has 136 valence electrons. The van der Waals surface area contributed by atoms with Crippen molar-refractivity contribution in [3.05, 3.63) is 63.0 Å². The standard InChI is InChI=1S/C19H20FN3O3/c1-12-9-15(5-6-17(12)22-7-3-4-8-22)21-19(24)14-10-16(20)13(2)18(11-14)23(25)26/h5-6,9-11H,3-4,7-8H2,1-2H3,(H,21,24). The maximum Gasteiger partial charge on any atom is 0.276 e. The quantitative estimate of drug-likeness (QED) is 0.657. The summed E-state index contributed by atoms with van der Waals surface area (Å²) in [5, 5.41) is 13.7. The average Bonchev–Trinajstić information content (AvgIpc) is 3.11. The molecule has 3 rings (SSSR count). The van der Waals surface area contributed by atoms with Crippen LogP contribution in [0.3, 0.4) is 0 Å². The predicted octanol–water partition coefficient (Wildman–Crippen LogP) is 4.20. The van der Waals surface area contributed by atoms with E-state index in [4.69, 9.17) is 0 Å². The molecule has 0 spiro atoms. The van der Waals surface area contributed by atoms with E-state index >= 15 is 0 Å². The second-order valence-electron chi connectivity index (χ2n) is 6.51. The van der Waals surface area contributed by atoms with Gasteiger partial charge in [0.05, 0.1) is 10.5 Å². The number of nitro benzene ring substituents is 1. The minimum absolute atomic E-state index is 0.0823. The first kappa shape index (κ1) is 17.8. The minimum Gasteiger partial charge on any atom is -0.371 e. The molecule has 1 saturated heterocycles. The maximum absolute atomic E-state index is 13.9. The Labute approximate surface area is 150 Å². The molecule has 0 unspecified atom stereocenters. The highest BCUT2D eigenvalue weighted by molar-refractivity contribution is 6.04. The van der Waals surface area contributed by atoms with Gasteiger partial charge in [0.2, 0.25) is 0 Å². The lowest BCUT2D eigenvalue weighted by Crippen LogP contribution is -2.19. The normalized spacial score (nSPS) is 13.7. The van der Waals surface area contributed by atoms with Gasteiger partial charge in [0.25, 0.3) is 11.6 Å². The van der Waals surface area contributed by atoms with Crippen LogP contribution < -0.4 is 10.2 Å². The molecule has 6 nitrogen and oxygen atoms in total. The molecule has 0 radical (unpaired) electrons. The number of hydrogen-bond acceptors (Lipinski definition) is 4. The van der Waals surface area contributed by atoms with E-state index in [0.717, 1.165) is 36.5 Å². The van der Waals surface area contributed by atoms with E-state index < -0.39 is 22.3 Å². The second-order valence-corrected chi connectivity index (χ2v) is 6.51. The molecule has 1 aliphatic heterocycles. The van der Waals surface area contributed by atoms with Crippen LogP contribution >= 0.6 is 0 Å². The van der Waals surface area contributed by atoms with Crippen molar-refractivity contribution in [2.45, 2.75) is 26.7 Å². The van der Waals surface area contributed by atoms with E-state index in [-0.39, 0.29) is 11.1 Å². The lowest BCUT2D eigenvalue weighted by atomic mass is 10.1. The number of carbonyl (C=O) groups is 1. The number of rotatable bonds is 4. The fourth-order valence-corrected chi connectivity index (χ4v) is 3.23. The van der Waals surface area contributed by atoms with E-state index in [1.807, 2.05) is 19.1 Å². The van der Waals surface area contributed by atoms with Crippen molar-refractivity contribution >= 4 is 23.0 Å². The van der Waals surface area contributed by atoms with Gasteiger partial charge in [-0.3, -0.25) is 14.9 Å². The summed E-state index contributed by atoms with van der Waals surface area (Å²) >= 11 is 0. The van der Waals surface area contributed by atoms with Gasteiger partial charge in [-0.05, 0) is 56.5 Å². The first-order chi connectivity index (χ1) is 12.4. The molecule has 0 aromatic heterocycles. The maximum atomic E-state index is 13.9. The van der Waals surface area contributed by atoms with Crippen molar-refractivity contribution in [2.24, 2.45) is 0 Å². The van der Waals surface area contributed by atoms with Gasteiger partial charge in [0.15, 0.2) is 0 Å². The zero-order valence-corrected chi connectivity index (χ0v) is 14.7. The largest absolute Gasteiger partial charge is 0.371 e. The van der Waals surface area contributed by atoms with Crippen LogP contribution in [-0.2, 0) is 0 Å². The average molecular weight is 357 g/mol. The molecule has 0 atom stereocenters. The van der Waals surface area contributed by atoms with E-state index in [0.29, 0.717) is 5.69 Å². The third kappa shape index (κ3) is 3.51. The van der Waals surface area contributed by atoms with Gasteiger partial charge < -0.3 is 10.2 Å². The number of anilines is 2. The van der Waals surface area contributed by atoms with Gasteiger partial charge in [0.1, 0.15) is 5.82 Å². The van der Waals surface area contributed by atoms with Gasteiger partial charge in [-0.15, -0.1) is 0 Å².